The van der Waals surface area contributed by atoms with Gasteiger partial charge in [0.2, 0.25) is 0 Å². The smallest absolute Gasteiger partial charge is 0.286 e. The van der Waals surface area contributed by atoms with Crippen LogP contribution in [0.2, 0.25) is 5.02 Å². The van der Waals surface area contributed by atoms with Gasteiger partial charge in [0.15, 0.2) is 0 Å². The number of fused-ring (bicyclic) bond motifs is 4. The number of hydrogen-bond acceptors (Lipinski definition) is 9. The van der Waals surface area contributed by atoms with E-state index in [0.29, 0.717) is 50.0 Å². The number of morpholine rings is 1. The van der Waals surface area contributed by atoms with Crippen molar-refractivity contribution in [2.24, 2.45) is 29.2 Å². The van der Waals surface area contributed by atoms with Crippen molar-refractivity contribution in [1.29, 1.82) is 0 Å². The molecule has 8 rings (SSSR count). The second kappa shape index (κ2) is 17.9. The number of ether oxygens (including phenoxy) is 3. The highest BCUT2D eigenvalue weighted by atomic mass is 35.5. The Morgan fingerprint density at radius 3 is 2.78 bits per heavy atom. The van der Waals surface area contributed by atoms with Gasteiger partial charge in [-0.1, -0.05) is 50.6 Å². The number of anilines is 1. The van der Waals surface area contributed by atoms with Gasteiger partial charge in [-0.05, 0) is 91.0 Å². The molecule has 7 atom stereocenters. The van der Waals surface area contributed by atoms with Crippen LogP contribution in [0.3, 0.4) is 0 Å². The molecule has 2 fully saturated rings. The normalized spacial score (nSPS) is 31.0. The molecule has 2 bridgehead atoms. The number of nitrogens with one attached hydrogen (secondary N) is 1. The SMILES string of the molecule is CO[C@H]1/C=C\C[C@H](C)CS(=O)(NC(=O)c2cc(CN3CCN4CCOC[C@@H]4C3)n(C)c2)=NC(=O)c2ccc3c(c2)N(C[C@H](C)[C@H]1C)C[C@@]1(CCCc2cc(Cl)ccc21)CO3. The molecule has 12 nitrogen and oxygen atoms in total. The van der Waals surface area contributed by atoms with E-state index in [4.69, 9.17) is 25.8 Å². The number of halogens is 1. The van der Waals surface area contributed by atoms with Crippen LogP contribution in [0.1, 0.15) is 77.6 Å². The first-order chi connectivity index (χ1) is 28.8. The lowest BCUT2D eigenvalue weighted by Gasteiger charge is -2.43. The van der Waals surface area contributed by atoms with Gasteiger partial charge in [0.05, 0.1) is 42.9 Å². The van der Waals surface area contributed by atoms with Gasteiger partial charge in [-0.15, -0.1) is 4.36 Å². The number of allylic oxidation sites excluding steroid dienone is 1. The minimum absolute atomic E-state index is 0.00201. The predicted molar refractivity (Wildman–Crippen MR) is 236 cm³/mol. The molecular formula is C46H61ClN6O6S. The third kappa shape index (κ3) is 9.22. The lowest BCUT2D eigenvalue weighted by atomic mass is 9.70. The van der Waals surface area contributed by atoms with Crippen molar-refractivity contribution < 1.29 is 28.0 Å². The fourth-order valence-electron chi connectivity index (χ4n) is 10.0. The summed E-state index contributed by atoms with van der Waals surface area (Å²) in [4.78, 5) is 35.5. The summed E-state index contributed by atoms with van der Waals surface area (Å²) in [5, 5.41) is 0.733. The summed E-state index contributed by atoms with van der Waals surface area (Å²) in [7, 11) is 0.0861. The zero-order chi connectivity index (χ0) is 42.2. The number of amides is 2. The van der Waals surface area contributed by atoms with Crippen LogP contribution in [0.25, 0.3) is 0 Å². The summed E-state index contributed by atoms with van der Waals surface area (Å²) in [5.41, 5.74) is 4.66. The Balaban J connectivity index is 1.10. The Morgan fingerprint density at radius 2 is 1.95 bits per heavy atom. The molecule has 1 spiro atoms. The van der Waals surface area contributed by atoms with E-state index in [1.54, 1.807) is 19.4 Å². The van der Waals surface area contributed by atoms with Crippen LogP contribution in [-0.4, -0.2) is 114 Å². The molecular weight excluding hydrogens is 800 g/mol. The Kier molecular flexibility index (Phi) is 12.8. The van der Waals surface area contributed by atoms with Crippen molar-refractivity contribution in [1.82, 2.24) is 19.1 Å². The van der Waals surface area contributed by atoms with E-state index in [0.717, 1.165) is 75.1 Å². The van der Waals surface area contributed by atoms with Crippen molar-refractivity contribution in [3.8, 4) is 5.75 Å². The molecule has 14 heteroatoms. The standard InChI is InChI=1S/C46H61ClN6O6S/c1-31-8-6-10-42(57-5)33(3)32(2)23-53-29-46(15-7-9-34-20-37(47)12-13-40(34)46)30-59-43-14-11-35(22-41(43)53)44(54)48-60(56,28-31)49-45(55)36-21-38(50(4)24-36)25-51-16-17-52-18-19-58-27-39(52)26-51/h6,10-14,20-22,24,31-33,39,42H,7-9,15-19,23,25-30H2,1-5H3,(H,48,49,54,55,56)/b10-6-/t31-,32-,33+,39-,42-,46-,60?/m0/s1. The first-order valence-corrected chi connectivity index (χ1v) is 23.7. The van der Waals surface area contributed by atoms with Crippen LogP contribution in [0.5, 0.6) is 5.75 Å². The van der Waals surface area contributed by atoms with Gasteiger partial charge in [-0.2, -0.15) is 0 Å². The van der Waals surface area contributed by atoms with Gasteiger partial charge in [0.25, 0.3) is 11.8 Å². The monoisotopic (exact) mass is 860 g/mol. The topological polar surface area (TPSA) is 118 Å². The van der Waals surface area contributed by atoms with Crippen LogP contribution < -0.4 is 14.4 Å². The number of benzene rings is 2. The molecule has 4 aliphatic heterocycles. The molecule has 0 saturated carbocycles. The van der Waals surface area contributed by atoms with Crippen molar-refractivity contribution in [2.45, 2.75) is 70.6 Å². The summed E-state index contributed by atoms with van der Waals surface area (Å²) >= 11 is 6.49. The van der Waals surface area contributed by atoms with E-state index >= 15 is 0 Å². The number of carbonyl (C=O) groups is 2. The number of aromatic nitrogens is 1. The van der Waals surface area contributed by atoms with Gasteiger partial charge in [-0.25, -0.2) is 4.21 Å². The summed E-state index contributed by atoms with van der Waals surface area (Å²) in [6, 6.07) is 13.8. The van der Waals surface area contributed by atoms with E-state index in [1.165, 1.54) is 11.1 Å². The first-order valence-electron chi connectivity index (χ1n) is 21.6. The molecule has 5 aliphatic rings. The van der Waals surface area contributed by atoms with Crippen molar-refractivity contribution >= 4 is 39.0 Å². The maximum absolute atomic E-state index is 14.9. The number of hydrogen-bond donors (Lipinski definition) is 1. The van der Waals surface area contributed by atoms with Crippen LogP contribution in [0.15, 0.2) is 65.2 Å². The van der Waals surface area contributed by atoms with Gasteiger partial charge >= 0.3 is 0 Å². The predicted octanol–water partition coefficient (Wildman–Crippen LogP) is 6.50. The Hall–Kier alpha value is -3.72. The average molecular weight is 862 g/mol. The van der Waals surface area contributed by atoms with Crippen molar-refractivity contribution in [2.75, 3.05) is 76.9 Å². The van der Waals surface area contributed by atoms with Gasteiger partial charge in [0.1, 0.15) is 15.7 Å². The van der Waals surface area contributed by atoms with Crippen LogP contribution in [0, 0.1) is 17.8 Å². The van der Waals surface area contributed by atoms with Gasteiger partial charge in [0, 0.05) is 93.9 Å². The van der Waals surface area contributed by atoms with Crippen molar-refractivity contribution in [3.63, 3.8) is 0 Å². The summed E-state index contributed by atoms with van der Waals surface area (Å²) < 4.78 is 42.5. The highest BCUT2D eigenvalue weighted by Crippen LogP contribution is 2.45. The van der Waals surface area contributed by atoms with Crippen LogP contribution in [0.4, 0.5) is 5.69 Å². The molecule has 2 amide bonds. The van der Waals surface area contributed by atoms with E-state index in [-0.39, 0.29) is 40.6 Å². The Labute approximate surface area is 360 Å². The van der Waals surface area contributed by atoms with E-state index in [2.05, 4.69) is 61.9 Å². The molecule has 60 heavy (non-hydrogen) atoms. The molecule has 1 aliphatic carbocycles. The quantitative estimate of drug-likeness (QED) is 0.287. The zero-order valence-electron chi connectivity index (χ0n) is 35.7. The molecule has 3 aromatic rings. The lowest BCUT2D eigenvalue weighted by molar-refractivity contribution is -0.0464. The molecule has 5 heterocycles. The Morgan fingerprint density at radius 1 is 1.10 bits per heavy atom. The van der Waals surface area contributed by atoms with Gasteiger partial charge < -0.3 is 23.7 Å². The van der Waals surface area contributed by atoms with Crippen molar-refractivity contribution in [3.05, 3.63) is 93.8 Å². The number of piperazine rings is 1. The minimum Gasteiger partial charge on any atom is -0.490 e. The third-order valence-electron chi connectivity index (χ3n) is 13.6. The molecule has 1 N–H and O–H groups in total. The largest absolute Gasteiger partial charge is 0.490 e. The summed E-state index contributed by atoms with van der Waals surface area (Å²) in [6.45, 7) is 14.3. The zero-order valence-corrected chi connectivity index (χ0v) is 37.3. The van der Waals surface area contributed by atoms with E-state index < -0.39 is 21.7 Å². The molecule has 0 radical (unpaired) electrons. The number of aryl methyl sites for hydroxylation is 2. The molecule has 1 aromatic heterocycles. The summed E-state index contributed by atoms with van der Waals surface area (Å²) in [6.07, 6.45) is 9.28. The third-order valence-corrected chi connectivity index (χ3v) is 15.8. The molecule has 324 valence electrons. The van der Waals surface area contributed by atoms with Gasteiger partial charge in [-0.3, -0.25) is 24.1 Å². The highest BCUT2D eigenvalue weighted by Gasteiger charge is 2.42. The number of nitrogens with zero attached hydrogens (tertiary/aromatic N) is 5. The highest BCUT2D eigenvalue weighted by molar-refractivity contribution is 7.92. The fourth-order valence-corrected chi connectivity index (χ4v) is 12.1. The van der Waals surface area contributed by atoms with Crippen LogP contribution >= 0.6 is 11.6 Å². The number of methoxy groups -OCH3 is 1. The Bertz CT molecular complexity index is 2240. The number of carbonyl (C=O) groups excluding carboxylic acids is 2. The van der Waals surface area contributed by atoms with Crippen LogP contribution in [-0.2, 0) is 44.8 Å². The van der Waals surface area contributed by atoms with E-state index in [9.17, 15) is 13.8 Å². The fraction of sp³-hybridized carbons (Fsp3) is 0.565. The maximum Gasteiger partial charge on any atom is 0.286 e. The average Bonchev–Trinajstić information content (AvgIpc) is 3.52. The molecule has 2 aromatic carbocycles. The molecule has 2 saturated heterocycles. The second-order valence-corrected chi connectivity index (χ2v) is 20.5. The minimum atomic E-state index is -3.58. The lowest BCUT2D eigenvalue weighted by Crippen LogP contribution is -2.57. The summed E-state index contributed by atoms with van der Waals surface area (Å²) in [5.74, 6) is -0.296. The maximum atomic E-state index is 14.9. The first kappa shape index (κ1) is 42.9. The number of rotatable bonds is 5. The molecule has 1 unspecified atom stereocenters. The second-order valence-electron chi connectivity index (χ2n) is 18.1. The van der Waals surface area contributed by atoms with E-state index in [1.807, 2.05) is 42.8 Å².